The number of anilines is 1. The number of aromatic nitrogens is 3. The summed E-state index contributed by atoms with van der Waals surface area (Å²) in [6, 6.07) is 19.8. The smallest absolute Gasteiger partial charge is 0.258 e. The monoisotopic (exact) mass is 384 g/mol. The van der Waals surface area contributed by atoms with Crippen molar-refractivity contribution in [1.82, 2.24) is 14.8 Å². The van der Waals surface area contributed by atoms with Crippen LogP contribution in [0.1, 0.15) is 35.8 Å². The van der Waals surface area contributed by atoms with Gasteiger partial charge in [-0.25, -0.2) is 9.67 Å². The Hall–Kier alpha value is -3.47. The minimum atomic E-state index is -0.0831. The van der Waals surface area contributed by atoms with Crippen LogP contribution in [-0.4, -0.2) is 27.7 Å². The summed E-state index contributed by atoms with van der Waals surface area (Å²) < 4.78 is 1.87. The van der Waals surface area contributed by atoms with Crippen LogP contribution in [0.4, 0.5) is 5.69 Å². The van der Waals surface area contributed by atoms with Crippen molar-refractivity contribution in [2.45, 2.75) is 26.8 Å². The minimum absolute atomic E-state index is 0.0831. The fourth-order valence-electron chi connectivity index (χ4n) is 3.39. The molecule has 0 unspecified atom stereocenters. The molecule has 0 aliphatic rings. The summed E-state index contributed by atoms with van der Waals surface area (Å²) >= 11 is 0. The molecule has 0 bridgehead atoms. The van der Waals surface area contributed by atoms with Gasteiger partial charge in [0.15, 0.2) is 5.65 Å². The minimum Gasteiger partial charge on any atom is -0.311 e. The third kappa shape index (κ3) is 3.51. The van der Waals surface area contributed by atoms with E-state index in [1.165, 1.54) is 5.56 Å². The highest BCUT2D eigenvalue weighted by Crippen LogP contribution is 2.28. The Bertz CT molecular complexity index is 1160. The Morgan fingerprint density at radius 3 is 2.38 bits per heavy atom. The van der Waals surface area contributed by atoms with E-state index in [0.29, 0.717) is 5.56 Å². The van der Waals surface area contributed by atoms with Crippen LogP contribution < -0.4 is 4.90 Å². The van der Waals surface area contributed by atoms with Gasteiger partial charge < -0.3 is 4.90 Å². The Morgan fingerprint density at radius 2 is 1.72 bits per heavy atom. The maximum Gasteiger partial charge on any atom is 0.258 e. The second-order valence-corrected chi connectivity index (χ2v) is 7.54. The first-order valence-electron chi connectivity index (χ1n) is 9.74. The molecule has 0 N–H and O–H groups in total. The number of nitrogens with zero attached hydrogens (tertiary/aromatic N) is 4. The number of aryl methyl sites for hydroxylation is 1. The lowest BCUT2D eigenvalue weighted by molar-refractivity contribution is 0.0994. The quantitative estimate of drug-likeness (QED) is 0.482. The number of carbonyl (C=O) groups excluding carboxylic acids is 1. The fourth-order valence-corrected chi connectivity index (χ4v) is 3.39. The third-order valence-electron chi connectivity index (χ3n) is 5.08. The van der Waals surface area contributed by atoms with Gasteiger partial charge in [0.1, 0.15) is 0 Å². The van der Waals surface area contributed by atoms with E-state index in [1.807, 2.05) is 53.2 Å². The molecule has 146 valence electrons. The molecule has 1 amide bonds. The number of fused-ring (bicyclic) bond motifs is 1. The predicted octanol–water partition coefficient (Wildman–Crippen LogP) is 5.26. The van der Waals surface area contributed by atoms with Crippen molar-refractivity contribution in [3.05, 3.63) is 78.0 Å². The highest BCUT2D eigenvalue weighted by atomic mass is 16.2. The Balaban J connectivity index is 1.90. The third-order valence-corrected chi connectivity index (χ3v) is 5.08. The van der Waals surface area contributed by atoms with Crippen molar-refractivity contribution in [2.75, 3.05) is 11.9 Å². The zero-order chi connectivity index (χ0) is 20.5. The lowest BCUT2D eigenvalue weighted by atomic mass is 10.0. The van der Waals surface area contributed by atoms with Gasteiger partial charge in [0.05, 0.1) is 22.8 Å². The lowest BCUT2D eigenvalue weighted by Gasteiger charge is -2.18. The first-order valence-corrected chi connectivity index (χ1v) is 9.74. The molecular weight excluding hydrogens is 360 g/mol. The van der Waals surface area contributed by atoms with E-state index in [0.717, 1.165) is 28.0 Å². The van der Waals surface area contributed by atoms with Crippen molar-refractivity contribution in [1.29, 1.82) is 0 Å². The number of para-hydroxylation sites is 1. The summed E-state index contributed by atoms with van der Waals surface area (Å²) in [6.07, 6.45) is 1.74. The summed E-state index contributed by atoms with van der Waals surface area (Å²) in [6.45, 7) is 6.17. The molecule has 0 saturated heterocycles. The van der Waals surface area contributed by atoms with Crippen LogP contribution in [0.5, 0.6) is 0 Å². The molecule has 0 spiro atoms. The standard InChI is InChI=1S/C24H24N4O/c1-16(2)28-23-21(15-25-28)20(24(29)27(4)19-8-6-5-7-9-19)14-22(26-23)18-12-10-17(3)11-13-18/h5-16H,1-4H3. The number of carbonyl (C=O) groups is 1. The largest absolute Gasteiger partial charge is 0.311 e. The summed E-state index contributed by atoms with van der Waals surface area (Å²) in [5.41, 5.74) is 5.10. The Kier molecular flexibility index (Phi) is 4.89. The number of hydrogen-bond acceptors (Lipinski definition) is 3. The van der Waals surface area contributed by atoms with Crippen molar-refractivity contribution >= 4 is 22.6 Å². The summed E-state index contributed by atoms with van der Waals surface area (Å²) in [5.74, 6) is -0.0831. The zero-order valence-electron chi connectivity index (χ0n) is 17.1. The average Bonchev–Trinajstić information content (AvgIpc) is 3.17. The van der Waals surface area contributed by atoms with Crippen molar-refractivity contribution < 1.29 is 4.79 Å². The van der Waals surface area contributed by atoms with Crippen molar-refractivity contribution in [2.24, 2.45) is 0 Å². The van der Waals surface area contributed by atoms with Crippen LogP contribution in [0.25, 0.3) is 22.3 Å². The van der Waals surface area contributed by atoms with Crippen LogP contribution in [0.2, 0.25) is 0 Å². The first kappa shape index (κ1) is 18.9. The molecule has 0 saturated carbocycles. The van der Waals surface area contributed by atoms with Gasteiger partial charge in [-0.05, 0) is 39.0 Å². The second-order valence-electron chi connectivity index (χ2n) is 7.54. The summed E-state index contributed by atoms with van der Waals surface area (Å²) in [4.78, 5) is 20.0. The number of amides is 1. The normalized spacial score (nSPS) is 11.2. The number of rotatable bonds is 4. The van der Waals surface area contributed by atoms with Gasteiger partial charge in [-0.15, -0.1) is 0 Å². The van der Waals surface area contributed by atoms with Gasteiger partial charge in [0.2, 0.25) is 0 Å². The molecule has 2 aromatic carbocycles. The van der Waals surface area contributed by atoms with Crippen molar-refractivity contribution in [3.63, 3.8) is 0 Å². The summed E-state index contributed by atoms with van der Waals surface area (Å²) in [5, 5.41) is 5.27. The van der Waals surface area contributed by atoms with E-state index in [-0.39, 0.29) is 11.9 Å². The molecule has 0 radical (unpaired) electrons. The predicted molar refractivity (Wildman–Crippen MR) is 117 cm³/mol. The van der Waals surface area contributed by atoms with Gasteiger partial charge in [0, 0.05) is 24.3 Å². The van der Waals surface area contributed by atoms with Crippen LogP contribution >= 0.6 is 0 Å². The van der Waals surface area contributed by atoms with E-state index < -0.39 is 0 Å². The molecule has 0 fully saturated rings. The Morgan fingerprint density at radius 1 is 1.03 bits per heavy atom. The van der Waals surface area contributed by atoms with Crippen LogP contribution in [-0.2, 0) is 0 Å². The molecule has 0 aliphatic carbocycles. The van der Waals surface area contributed by atoms with Gasteiger partial charge in [0.25, 0.3) is 5.91 Å². The SMILES string of the molecule is Cc1ccc(-c2cc(C(=O)N(C)c3ccccc3)c3cnn(C(C)C)c3n2)cc1. The highest BCUT2D eigenvalue weighted by molar-refractivity contribution is 6.13. The van der Waals surface area contributed by atoms with Crippen LogP contribution in [0.15, 0.2) is 66.9 Å². The van der Waals surface area contributed by atoms with E-state index in [4.69, 9.17) is 4.98 Å². The number of pyridine rings is 1. The molecule has 5 heteroatoms. The molecule has 0 atom stereocenters. The molecular formula is C24H24N4O. The van der Waals surface area contributed by atoms with Crippen molar-refractivity contribution in [3.8, 4) is 11.3 Å². The molecule has 29 heavy (non-hydrogen) atoms. The second kappa shape index (κ2) is 7.51. The molecule has 0 aliphatic heterocycles. The van der Waals surface area contributed by atoms with Gasteiger partial charge in [-0.2, -0.15) is 5.10 Å². The number of hydrogen-bond donors (Lipinski definition) is 0. The first-order chi connectivity index (χ1) is 14.0. The maximum atomic E-state index is 13.4. The van der Waals surface area contributed by atoms with Crippen LogP contribution in [0.3, 0.4) is 0 Å². The maximum absolute atomic E-state index is 13.4. The van der Waals surface area contributed by atoms with E-state index in [9.17, 15) is 4.79 Å². The molecule has 4 rings (SSSR count). The summed E-state index contributed by atoms with van der Waals surface area (Å²) in [7, 11) is 1.79. The molecule has 2 heterocycles. The van der Waals surface area contributed by atoms with Gasteiger partial charge >= 0.3 is 0 Å². The van der Waals surface area contributed by atoms with Gasteiger partial charge in [-0.3, -0.25) is 4.79 Å². The fraction of sp³-hybridized carbons (Fsp3) is 0.208. The van der Waals surface area contributed by atoms with Gasteiger partial charge in [-0.1, -0.05) is 48.0 Å². The molecule has 5 nitrogen and oxygen atoms in total. The highest BCUT2D eigenvalue weighted by Gasteiger charge is 2.21. The molecule has 2 aromatic heterocycles. The van der Waals surface area contributed by atoms with E-state index in [1.54, 1.807) is 18.1 Å². The molecule has 4 aromatic rings. The van der Waals surface area contributed by atoms with E-state index >= 15 is 0 Å². The topological polar surface area (TPSA) is 51.0 Å². The number of benzene rings is 2. The average molecular weight is 384 g/mol. The Labute approximate surface area is 170 Å². The zero-order valence-corrected chi connectivity index (χ0v) is 17.1. The lowest BCUT2D eigenvalue weighted by Crippen LogP contribution is -2.26. The van der Waals surface area contributed by atoms with E-state index in [2.05, 4.69) is 38.0 Å². The van der Waals surface area contributed by atoms with Crippen LogP contribution in [0, 0.1) is 6.92 Å².